The number of likely N-dealkylation sites (tertiary alicyclic amines) is 1. The number of carboxylic acid groups (broad SMARTS) is 1. The number of aromatic nitrogens is 1. The van der Waals surface area contributed by atoms with Gasteiger partial charge in [0.05, 0.1) is 10.6 Å². The summed E-state index contributed by atoms with van der Waals surface area (Å²) >= 11 is 5.99. The quantitative estimate of drug-likeness (QED) is 0.593. The number of nitrogens with zero attached hydrogens (tertiary/aromatic N) is 2. The number of benzene rings is 2. The molecule has 2 aromatic carbocycles. The SMILES string of the molecule is O=C(O)N1CCC(NC(=O)n2cccc2CS(=O)(=O)c2ccc3cc(Cl)ccc3c2)CC1. The molecule has 0 spiro atoms. The molecule has 8 nitrogen and oxygen atoms in total. The van der Waals surface area contributed by atoms with E-state index in [4.69, 9.17) is 16.7 Å². The third kappa shape index (κ3) is 4.73. The number of fused-ring (bicyclic) bond motifs is 1. The van der Waals surface area contributed by atoms with E-state index in [-0.39, 0.29) is 16.7 Å². The molecule has 0 aliphatic carbocycles. The molecule has 2 amide bonds. The van der Waals surface area contributed by atoms with Crippen molar-refractivity contribution in [3.05, 3.63) is 65.4 Å². The topological polar surface area (TPSA) is 109 Å². The van der Waals surface area contributed by atoms with Gasteiger partial charge in [-0.05, 0) is 60.0 Å². The van der Waals surface area contributed by atoms with Crippen molar-refractivity contribution in [3.63, 3.8) is 0 Å². The lowest BCUT2D eigenvalue weighted by atomic mass is 10.1. The van der Waals surface area contributed by atoms with E-state index in [0.717, 1.165) is 10.8 Å². The Balaban J connectivity index is 1.48. The van der Waals surface area contributed by atoms with Gasteiger partial charge in [-0.1, -0.05) is 23.7 Å². The van der Waals surface area contributed by atoms with Gasteiger partial charge >= 0.3 is 12.1 Å². The van der Waals surface area contributed by atoms with Crippen LogP contribution in [0.25, 0.3) is 10.8 Å². The van der Waals surface area contributed by atoms with E-state index in [2.05, 4.69) is 5.32 Å². The van der Waals surface area contributed by atoms with Gasteiger partial charge in [-0.2, -0.15) is 0 Å². The molecular formula is C22H22ClN3O5S. The minimum atomic E-state index is -3.70. The van der Waals surface area contributed by atoms with E-state index in [9.17, 15) is 18.0 Å². The number of rotatable bonds is 4. The number of sulfone groups is 1. The first-order valence-electron chi connectivity index (χ1n) is 10.1. The molecule has 32 heavy (non-hydrogen) atoms. The molecule has 1 aliphatic rings. The maximum atomic E-state index is 13.0. The Bertz CT molecular complexity index is 1280. The Labute approximate surface area is 190 Å². The maximum Gasteiger partial charge on any atom is 0.407 e. The van der Waals surface area contributed by atoms with Gasteiger partial charge in [-0.15, -0.1) is 0 Å². The Morgan fingerprint density at radius 3 is 2.47 bits per heavy atom. The molecule has 0 radical (unpaired) electrons. The van der Waals surface area contributed by atoms with Crippen LogP contribution in [0.4, 0.5) is 9.59 Å². The zero-order chi connectivity index (χ0) is 22.9. The number of nitrogens with one attached hydrogen (secondary N) is 1. The Morgan fingerprint density at radius 2 is 1.75 bits per heavy atom. The molecule has 1 fully saturated rings. The highest BCUT2D eigenvalue weighted by Gasteiger charge is 2.25. The van der Waals surface area contributed by atoms with Crippen LogP contribution in [0.2, 0.25) is 5.02 Å². The van der Waals surface area contributed by atoms with Crippen molar-refractivity contribution < 1.29 is 23.1 Å². The Morgan fingerprint density at radius 1 is 1.06 bits per heavy atom. The summed E-state index contributed by atoms with van der Waals surface area (Å²) in [6.07, 6.45) is 1.57. The number of hydrogen-bond acceptors (Lipinski definition) is 4. The van der Waals surface area contributed by atoms with E-state index in [0.29, 0.717) is 36.6 Å². The minimum absolute atomic E-state index is 0.168. The molecule has 2 heterocycles. The van der Waals surface area contributed by atoms with Gasteiger partial charge in [0.15, 0.2) is 9.84 Å². The summed E-state index contributed by atoms with van der Waals surface area (Å²) in [5.74, 6) is -0.329. The molecular weight excluding hydrogens is 454 g/mol. The van der Waals surface area contributed by atoms with Crippen molar-refractivity contribution in [1.82, 2.24) is 14.8 Å². The molecule has 0 unspecified atom stereocenters. The predicted octanol–water partition coefficient (Wildman–Crippen LogP) is 3.97. The smallest absolute Gasteiger partial charge is 0.407 e. The average molecular weight is 476 g/mol. The van der Waals surface area contributed by atoms with Gasteiger partial charge < -0.3 is 15.3 Å². The van der Waals surface area contributed by atoms with Gasteiger partial charge in [0, 0.05) is 36.0 Å². The average Bonchev–Trinajstić information content (AvgIpc) is 3.21. The van der Waals surface area contributed by atoms with Gasteiger partial charge in [0.2, 0.25) is 0 Å². The fourth-order valence-electron chi connectivity index (χ4n) is 3.86. The van der Waals surface area contributed by atoms with Crippen LogP contribution in [0.5, 0.6) is 0 Å². The number of halogens is 1. The van der Waals surface area contributed by atoms with Crippen LogP contribution in [0.15, 0.2) is 59.6 Å². The van der Waals surface area contributed by atoms with Crippen LogP contribution in [0, 0.1) is 0 Å². The highest BCUT2D eigenvalue weighted by molar-refractivity contribution is 7.90. The molecule has 1 aliphatic heterocycles. The van der Waals surface area contributed by atoms with Crippen molar-refractivity contribution in [3.8, 4) is 0 Å². The van der Waals surface area contributed by atoms with Crippen molar-refractivity contribution in [2.75, 3.05) is 13.1 Å². The van der Waals surface area contributed by atoms with Crippen LogP contribution < -0.4 is 5.32 Å². The van der Waals surface area contributed by atoms with Crippen LogP contribution in [0.1, 0.15) is 18.5 Å². The molecule has 0 atom stereocenters. The van der Waals surface area contributed by atoms with Gasteiger partial charge in [0.1, 0.15) is 0 Å². The summed E-state index contributed by atoms with van der Waals surface area (Å²) in [6.45, 7) is 0.695. The number of hydrogen-bond donors (Lipinski definition) is 2. The lowest BCUT2D eigenvalue weighted by Gasteiger charge is -2.30. The van der Waals surface area contributed by atoms with Crippen molar-refractivity contribution in [1.29, 1.82) is 0 Å². The van der Waals surface area contributed by atoms with E-state index in [1.807, 2.05) is 0 Å². The van der Waals surface area contributed by atoms with Crippen LogP contribution in [-0.4, -0.2) is 54.2 Å². The summed E-state index contributed by atoms with van der Waals surface area (Å²) in [5, 5.41) is 14.1. The van der Waals surface area contributed by atoms with E-state index >= 15 is 0 Å². The second-order valence-corrected chi connectivity index (χ2v) is 10.2. The second kappa shape index (κ2) is 8.84. The minimum Gasteiger partial charge on any atom is -0.465 e. The van der Waals surface area contributed by atoms with Crippen molar-refractivity contribution in [2.45, 2.75) is 29.5 Å². The summed E-state index contributed by atoms with van der Waals surface area (Å²) in [4.78, 5) is 25.3. The first-order valence-corrected chi connectivity index (χ1v) is 12.1. The molecule has 3 aromatic rings. The van der Waals surface area contributed by atoms with Crippen LogP contribution >= 0.6 is 11.6 Å². The van der Waals surface area contributed by atoms with E-state index in [1.54, 1.807) is 42.5 Å². The molecule has 0 saturated carbocycles. The van der Waals surface area contributed by atoms with Gasteiger partial charge in [-0.3, -0.25) is 4.57 Å². The molecule has 0 bridgehead atoms. The molecule has 168 valence electrons. The first kappa shape index (κ1) is 22.2. The summed E-state index contributed by atoms with van der Waals surface area (Å²) < 4.78 is 27.4. The summed E-state index contributed by atoms with van der Waals surface area (Å²) in [6, 6.07) is 12.7. The Hall–Kier alpha value is -3.04. The highest BCUT2D eigenvalue weighted by Crippen LogP contribution is 2.25. The predicted molar refractivity (Wildman–Crippen MR) is 121 cm³/mol. The largest absolute Gasteiger partial charge is 0.465 e. The molecule has 4 rings (SSSR count). The zero-order valence-electron chi connectivity index (χ0n) is 17.1. The van der Waals surface area contributed by atoms with E-state index in [1.165, 1.54) is 21.7 Å². The summed E-state index contributed by atoms with van der Waals surface area (Å²) in [7, 11) is -3.70. The van der Waals surface area contributed by atoms with Crippen molar-refractivity contribution in [2.24, 2.45) is 0 Å². The number of carbonyl (C=O) groups is 2. The standard InChI is InChI=1S/C22H22ClN3O5S/c23-17-5-3-16-13-20(6-4-15(16)12-17)32(30,31)14-19-2-1-9-26(19)21(27)24-18-7-10-25(11-8-18)22(28)29/h1-6,9,12-13,18H,7-8,10-11,14H2,(H,24,27)(H,28,29). The summed E-state index contributed by atoms with van der Waals surface area (Å²) in [5.41, 5.74) is 0.349. The monoisotopic (exact) mass is 475 g/mol. The highest BCUT2D eigenvalue weighted by atomic mass is 35.5. The molecule has 1 saturated heterocycles. The number of carbonyl (C=O) groups excluding carboxylic acids is 1. The first-order chi connectivity index (χ1) is 15.2. The normalized spacial score (nSPS) is 15.1. The van der Waals surface area contributed by atoms with Gasteiger partial charge in [-0.25, -0.2) is 18.0 Å². The maximum absolute atomic E-state index is 13.0. The molecule has 10 heteroatoms. The van der Waals surface area contributed by atoms with Crippen LogP contribution in [0.3, 0.4) is 0 Å². The van der Waals surface area contributed by atoms with Crippen LogP contribution in [-0.2, 0) is 15.6 Å². The zero-order valence-corrected chi connectivity index (χ0v) is 18.6. The molecule has 1 aromatic heterocycles. The Kier molecular flexibility index (Phi) is 6.12. The van der Waals surface area contributed by atoms with Gasteiger partial charge in [0.25, 0.3) is 0 Å². The third-order valence-corrected chi connectivity index (χ3v) is 7.50. The fraction of sp³-hybridized carbons (Fsp3) is 0.273. The number of amides is 2. The lowest BCUT2D eigenvalue weighted by molar-refractivity contribution is 0.129. The number of piperidine rings is 1. The van der Waals surface area contributed by atoms with E-state index < -0.39 is 22.0 Å². The fourth-order valence-corrected chi connectivity index (χ4v) is 5.41. The van der Waals surface area contributed by atoms with Crippen molar-refractivity contribution >= 4 is 44.3 Å². The second-order valence-electron chi connectivity index (χ2n) is 7.78. The molecule has 2 N–H and O–H groups in total. The lowest BCUT2D eigenvalue weighted by Crippen LogP contribution is -2.47. The third-order valence-electron chi connectivity index (χ3n) is 5.62.